The number of pyridine rings is 1. The molecule has 30 heavy (non-hydrogen) atoms. The van der Waals surface area contributed by atoms with Crippen molar-refractivity contribution in [2.24, 2.45) is 0 Å². The number of benzene rings is 1. The lowest BCUT2D eigenvalue weighted by molar-refractivity contribution is -0.148. The maximum atomic E-state index is 13.0. The molecule has 3 rings (SSSR count). The smallest absolute Gasteiger partial charge is 0.305 e. The lowest BCUT2D eigenvalue weighted by Crippen LogP contribution is -2.53. The van der Waals surface area contributed by atoms with Crippen LogP contribution in [0.3, 0.4) is 0 Å². The zero-order valence-corrected chi connectivity index (χ0v) is 16.4. The summed E-state index contributed by atoms with van der Waals surface area (Å²) in [5, 5.41) is 13.1. The molecule has 1 unspecified atom stereocenters. The van der Waals surface area contributed by atoms with Gasteiger partial charge in [0.25, 0.3) is 5.91 Å². The number of rotatable bonds is 9. The lowest BCUT2D eigenvalue weighted by Gasteiger charge is -2.26. The predicted octanol–water partition coefficient (Wildman–Crippen LogP) is 2.15. The van der Waals surface area contributed by atoms with E-state index in [0.717, 1.165) is 10.8 Å². The number of ketones is 1. The van der Waals surface area contributed by atoms with E-state index in [1.165, 1.54) is 0 Å². The molecule has 1 aromatic carbocycles. The number of aliphatic carboxylic acids is 1. The summed E-state index contributed by atoms with van der Waals surface area (Å²) in [5.74, 6) is -3.06. The van der Waals surface area contributed by atoms with E-state index >= 15 is 0 Å². The number of alkyl halides is 1. The summed E-state index contributed by atoms with van der Waals surface area (Å²) in [7, 11) is 0. The van der Waals surface area contributed by atoms with Gasteiger partial charge in [-0.3, -0.25) is 29.7 Å². The highest BCUT2D eigenvalue weighted by atomic mass is 19.1. The maximum absolute atomic E-state index is 13.0. The Bertz CT molecular complexity index is 1000. The van der Waals surface area contributed by atoms with Gasteiger partial charge in [-0.25, -0.2) is 4.39 Å². The second-order valence-electron chi connectivity index (χ2n) is 7.01. The van der Waals surface area contributed by atoms with Crippen LogP contribution in [-0.4, -0.2) is 46.1 Å². The fraction of sp³-hybridized carbons (Fsp3) is 0.333. The predicted molar refractivity (Wildman–Crippen MR) is 107 cm³/mol. The standard InChI is InChI=1S/C21H22FN3O5/c1-2-8-21(20(29)24-15(10-18(27)28)17(26)12-22)11-16(25-30-21)19-14-6-4-3-5-13(14)7-9-23-19/h3-7,9,11,15,25H,2,8,10,12H2,1H3,(H,24,29)(H,27,28)/t15?,21-/m0/s1. The van der Waals surface area contributed by atoms with Crippen molar-refractivity contribution in [1.29, 1.82) is 0 Å². The van der Waals surface area contributed by atoms with Gasteiger partial charge in [0.05, 0.1) is 17.8 Å². The zero-order valence-electron chi connectivity index (χ0n) is 16.4. The number of Topliss-reactive ketones (excluding diaryl/α,β-unsaturated/α-hetero) is 1. The van der Waals surface area contributed by atoms with Crippen LogP contribution in [0.25, 0.3) is 16.5 Å². The van der Waals surface area contributed by atoms with E-state index in [4.69, 9.17) is 9.94 Å². The van der Waals surface area contributed by atoms with Crippen molar-refractivity contribution in [1.82, 2.24) is 15.8 Å². The molecule has 0 saturated carbocycles. The second-order valence-corrected chi connectivity index (χ2v) is 7.01. The van der Waals surface area contributed by atoms with Crippen LogP contribution in [0, 0.1) is 0 Å². The number of carbonyl (C=O) groups is 3. The van der Waals surface area contributed by atoms with Crippen LogP contribution in [0.15, 0.2) is 42.6 Å². The second kappa shape index (κ2) is 9.00. The molecular weight excluding hydrogens is 393 g/mol. The number of halogens is 1. The van der Waals surface area contributed by atoms with Gasteiger partial charge in [0.1, 0.15) is 12.7 Å². The Morgan fingerprint density at radius 3 is 2.77 bits per heavy atom. The first-order chi connectivity index (χ1) is 14.4. The van der Waals surface area contributed by atoms with Crippen LogP contribution in [0.4, 0.5) is 4.39 Å². The monoisotopic (exact) mass is 415 g/mol. The molecule has 0 bridgehead atoms. The van der Waals surface area contributed by atoms with Crippen molar-refractivity contribution in [3.8, 4) is 0 Å². The van der Waals surface area contributed by atoms with Crippen molar-refractivity contribution in [2.45, 2.75) is 37.8 Å². The van der Waals surface area contributed by atoms with E-state index in [0.29, 0.717) is 17.8 Å². The third-order valence-corrected chi connectivity index (χ3v) is 4.86. The summed E-state index contributed by atoms with van der Waals surface area (Å²) < 4.78 is 12.8. The Morgan fingerprint density at radius 1 is 1.30 bits per heavy atom. The minimum Gasteiger partial charge on any atom is -0.481 e. The van der Waals surface area contributed by atoms with Crippen LogP contribution in [0.5, 0.6) is 0 Å². The Morgan fingerprint density at radius 2 is 2.07 bits per heavy atom. The molecule has 0 spiro atoms. The van der Waals surface area contributed by atoms with Crippen molar-refractivity contribution in [2.75, 3.05) is 6.67 Å². The fourth-order valence-electron chi connectivity index (χ4n) is 3.40. The SMILES string of the molecule is CCC[C@@]1(C(=O)NC(CC(=O)O)C(=O)CF)C=C(c2nccc3ccccc23)NO1. The summed E-state index contributed by atoms with van der Waals surface area (Å²) in [4.78, 5) is 45.8. The Hall–Kier alpha value is -3.33. The molecule has 158 valence electrons. The van der Waals surface area contributed by atoms with Gasteiger partial charge in [-0.1, -0.05) is 37.6 Å². The molecule has 2 heterocycles. The number of fused-ring (bicyclic) bond motifs is 1. The van der Waals surface area contributed by atoms with Gasteiger partial charge < -0.3 is 10.4 Å². The molecule has 1 aliphatic rings. The van der Waals surface area contributed by atoms with Crippen LogP contribution < -0.4 is 10.8 Å². The van der Waals surface area contributed by atoms with Crippen molar-refractivity contribution < 1.29 is 28.7 Å². The fourth-order valence-corrected chi connectivity index (χ4v) is 3.40. The number of hydrogen-bond acceptors (Lipinski definition) is 6. The molecule has 9 heteroatoms. The van der Waals surface area contributed by atoms with Gasteiger partial charge in [0, 0.05) is 11.6 Å². The number of carboxylic acid groups (broad SMARTS) is 1. The maximum Gasteiger partial charge on any atom is 0.305 e. The average Bonchev–Trinajstić information content (AvgIpc) is 3.17. The summed E-state index contributed by atoms with van der Waals surface area (Å²) in [5.41, 5.74) is 2.31. The molecule has 1 amide bonds. The molecule has 1 aliphatic heterocycles. The zero-order chi connectivity index (χ0) is 21.7. The quantitative estimate of drug-likeness (QED) is 0.574. The van der Waals surface area contributed by atoms with Crippen molar-refractivity contribution in [3.63, 3.8) is 0 Å². The van der Waals surface area contributed by atoms with Gasteiger partial charge in [0.15, 0.2) is 11.4 Å². The Balaban J connectivity index is 1.94. The van der Waals surface area contributed by atoms with E-state index < -0.39 is 42.4 Å². The summed E-state index contributed by atoms with van der Waals surface area (Å²) in [6.45, 7) is 0.473. The van der Waals surface area contributed by atoms with Crippen molar-refractivity contribution >= 4 is 34.1 Å². The van der Waals surface area contributed by atoms with E-state index in [1.54, 1.807) is 12.3 Å². The highest BCUT2D eigenvalue weighted by molar-refractivity contribution is 5.98. The molecule has 0 radical (unpaired) electrons. The minimum absolute atomic E-state index is 0.254. The third-order valence-electron chi connectivity index (χ3n) is 4.86. The summed E-state index contributed by atoms with van der Waals surface area (Å²) in [6, 6.07) is 7.98. The highest BCUT2D eigenvalue weighted by Gasteiger charge is 2.44. The molecule has 1 aromatic heterocycles. The minimum atomic E-state index is -1.49. The van der Waals surface area contributed by atoms with Crippen molar-refractivity contribution in [3.05, 3.63) is 48.3 Å². The highest BCUT2D eigenvalue weighted by Crippen LogP contribution is 2.32. The lowest BCUT2D eigenvalue weighted by atomic mass is 9.94. The molecule has 2 aromatic rings. The van der Waals surface area contributed by atoms with Gasteiger partial charge in [0.2, 0.25) is 0 Å². The largest absolute Gasteiger partial charge is 0.481 e. The van der Waals surface area contributed by atoms with Crippen LogP contribution in [0.2, 0.25) is 0 Å². The first-order valence-electron chi connectivity index (χ1n) is 9.52. The molecular formula is C21H22FN3O5. The first kappa shape index (κ1) is 21.4. The van der Waals surface area contributed by atoms with Gasteiger partial charge in [-0.15, -0.1) is 0 Å². The van der Waals surface area contributed by atoms with E-state index in [2.05, 4.69) is 15.8 Å². The molecule has 2 atom stereocenters. The van der Waals surface area contributed by atoms with E-state index in [1.807, 2.05) is 37.3 Å². The van der Waals surface area contributed by atoms with E-state index in [-0.39, 0.29) is 6.42 Å². The number of nitrogens with one attached hydrogen (secondary N) is 2. The van der Waals surface area contributed by atoms with Crippen LogP contribution in [-0.2, 0) is 19.2 Å². The topological polar surface area (TPSA) is 118 Å². The molecule has 3 N–H and O–H groups in total. The number of carboxylic acids is 1. The average molecular weight is 415 g/mol. The number of aromatic nitrogens is 1. The third kappa shape index (κ3) is 4.30. The number of carbonyl (C=O) groups excluding carboxylic acids is 2. The number of hydroxylamine groups is 1. The molecule has 0 aliphatic carbocycles. The van der Waals surface area contributed by atoms with Gasteiger partial charge in [-0.2, -0.15) is 0 Å². The number of nitrogens with zero attached hydrogens (tertiary/aromatic N) is 1. The normalized spacial score (nSPS) is 19.1. The Kier molecular flexibility index (Phi) is 6.41. The summed E-state index contributed by atoms with van der Waals surface area (Å²) in [6.07, 6.45) is 3.30. The van der Waals surface area contributed by atoms with E-state index in [9.17, 15) is 18.8 Å². The van der Waals surface area contributed by atoms with Crippen LogP contribution >= 0.6 is 0 Å². The number of amides is 1. The van der Waals surface area contributed by atoms with Gasteiger partial charge >= 0.3 is 5.97 Å². The molecule has 8 nitrogen and oxygen atoms in total. The molecule has 0 saturated heterocycles. The van der Waals surface area contributed by atoms with Gasteiger partial charge in [-0.05, 0) is 23.9 Å². The first-order valence-corrected chi connectivity index (χ1v) is 9.52. The summed E-state index contributed by atoms with van der Waals surface area (Å²) >= 11 is 0. The number of hydrogen-bond donors (Lipinski definition) is 3. The molecule has 0 fully saturated rings. The van der Waals surface area contributed by atoms with Crippen LogP contribution in [0.1, 0.15) is 31.9 Å². The Labute approximate surface area is 172 Å².